The maximum absolute atomic E-state index is 13.2. The van der Waals surface area contributed by atoms with Crippen LogP contribution in [-0.4, -0.2) is 67.9 Å². The number of aliphatic hydroxyl groups is 1. The summed E-state index contributed by atoms with van der Waals surface area (Å²) in [5.74, 6) is 0.613. The number of likely N-dealkylation sites (N-methyl/N-ethyl adjacent to an activating group) is 1. The van der Waals surface area contributed by atoms with E-state index in [4.69, 9.17) is 4.74 Å². The highest BCUT2D eigenvalue weighted by Gasteiger charge is 2.46. The van der Waals surface area contributed by atoms with Crippen LogP contribution in [0.1, 0.15) is 24.1 Å². The van der Waals surface area contributed by atoms with Gasteiger partial charge in [0, 0.05) is 51.8 Å². The lowest BCUT2D eigenvalue weighted by molar-refractivity contribution is -0.122. The van der Waals surface area contributed by atoms with Gasteiger partial charge >= 0.3 is 5.69 Å². The molecule has 0 bridgehead atoms. The van der Waals surface area contributed by atoms with Crippen LogP contribution in [0.3, 0.4) is 0 Å². The molecule has 4 aromatic rings. The van der Waals surface area contributed by atoms with E-state index in [0.717, 1.165) is 28.7 Å². The Bertz CT molecular complexity index is 1500. The van der Waals surface area contributed by atoms with E-state index in [9.17, 15) is 14.7 Å². The Morgan fingerprint density at radius 2 is 1.80 bits per heavy atom. The van der Waals surface area contributed by atoms with Crippen LogP contribution >= 0.6 is 0 Å². The maximum Gasteiger partial charge on any atom is 0.328 e. The van der Waals surface area contributed by atoms with E-state index in [0.29, 0.717) is 31.6 Å². The molecule has 9 heteroatoms. The number of ether oxygens (including phenoxy) is 1. The number of para-hydroxylation sites is 1. The highest BCUT2D eigenvalue weighted by Crippen LogP contribution is 2.29. The number of aryl methyl sites for hydroxylation is 3. The highest BCUT2D eigenvalue weighted by atomic mass is 16.5. The van der Waals surface area contributed by atoms with Gasteiger partial charge in [0.25, 0.3) is 0 Å². The number of aliphatic hydroxyl groups excluding tert-OH is 1. The summed E-state index contributed by atoms with van der Waals surface area (Å²) in [7, 11) is 5.48. The Balaban J connectivity index is 1.26. The topological polar surface area (TPSA) is 102 Å². The average Bonchev–Trinajstić information content (AvgIpc) is 3.38. The number of hydrogen-bond acceptors (Lipinski definition) is 6. The van der Waals surface area contributed by atoms with Gasteiger partial charge < -0.3 is 15.2 Å². The molecular weight excluding hydrogens is 506 g/mol. The molecular formula is C31H37N5O4. The molecule has 2 aromatic heterocycles. The first-order valence-electron chi connectivity index (χ1n) is 13.8. The number of nitrogens with one attached hydrogen (secondary N) is 1. The van der Waals surface area contributed by atoms with Crippen molar-refractivity contribution >= 4 is 16.9 Å². The Morgan fingerprint density at radius 3 is 2.55 bits per heavy atom. The molecule has 2 N–H and O–H groups in total. The molecule has 1 aliphatic rings. The molecule has 5 rings (SSSR count). The Morgan fingerprint density at radius 1 is 1.05 bits per heavy atom. The fourth-order valence-electron chi connectivity index (χ4n) is 5.72. The van der Waals surface area contributed by atoms with Crippen molar-refractivity contribution in [1.82, 2.24) is 24.3 Å². The number of benzene rings is 2. The predicted octanol–water partition coefficient (Wildman–Crippen LogP) is 2.44. The van der Waals surface area contributed by atoms with Gasteiger partial charge in [0.15, 0.2) is 0 Å². The minimum Gasteiger partial charge on any atom is -0.488 e. The third-order valence-corrected chi connectivity index (χ3v) is 7.94. The van der Waals surface area contributed by atoms with Gasteiger partial charge in [-0.25, -0.2) is 4.79 Å². The molecule has 1 saturated carbocycles. The second kappa shape index (κ2) is 12.1. The van der Waals surface area contributed by atoms with E-state index in [-0.39, 0.29) is 23.7 Å². The number of nitrogens with zero attached hydrogens (tertiary/aromatic N) is 4. The standard InChI is InChI=1S/C31H37N5O4/c1-34(18-16-22-9-7-8-17-32-22)29-24(20-27(30(29)38)40-23-10-5-4-6-11-23)33-28(37)15-13-21-12-14-25-26(19-21)36(3)31(39)35(25)2/h4-12,14,17,19,24,27,29-30,38H,13,15-16,18,20H2,1-3H3,(H,33,37)/t24-,27-,29+,30+/m1/s1. The monoisotopic (exact) mass is 543 g/mol. The molecule has 0 unspecified atom stereocenters. The van der Waals surface area contributed by atoms with Crippen molar-refractivity contribution in [3.8, 4) is 5.75 Å². The van der Waals surface area contributed by atoms with Gasteiger partial charge in [0.1, 0.15) is 18.0 Å². The van der Waals surface area contributed by atoms with E-state index < -0.39 is 12.2 Å². The Kier molecular flexibility index (Phi) is 8.32. The first kappa shape index (κ1) is 27.6. The largest absolute Gasteiger partial charge is 0.488 e. The zero-order chi connectivity index (χ0) is 28.2. The van der Waals surface area contributed by atoms with Crippen LogP contribution in [0.15, 0.2) is 77.7 Å². The highest BCUT2D eigenvalue weighted by molar-refractivity contribution is 5.78. The molecule has 2 aromatic carbocycles. The molecule has 4 atom stereocenters. The van der Waals surface area contributed by atoms with Crippen LogP contribution in [-0.2, 0) is 31.7 Å². The first-order chi connectivity index (χ1) is 19.3. The molecule has 0 aliphatic heterocycles. The number of rotatable bonds is 10. The quantitative estimate of drug-likeness (QED) is 0.319. The van der Waals surface area contributed by atoms with Crippen LogP contribution in [0, 0.1) is 0 Å². The van der Waals surface area contributed by atoms with Crippen molar-refractivity contribution in [2.24, 2.45) is 14.1 Å². The number of carbonyl (C=O) groups is 1. The minimum atomic E-state index is -0.777. The molecule has 2 heterocycles. The van der Waals surface area contributed by atoms with Crippen molar-refractivity contribution in [3.05, 3.63) is 94.7 Å². The Hall–Kier alpha value is -3.95. The number of amides is 1. The zero-order valence-corrected chi connectivity index (χ0v) is 23.2. The molecule has 9 nitrogen and oxygen atoms in total. The number of pyridine rings is 1. The van der Waals surface area contributed by atoms with E-state index in [1.165, 1.54) is 0 Å². The van der Waals surface area contributed by atoms with E-state index in [2.05, 4.69) is 15.2 Å². The van der Waals surface area contributed by atoms with Crippen LogP contribution in [0.4, 0.5) is 0 Å². The summed E-state index contributed by atoms with van der Waals surface area (Å²) in [6.45, 7) is 0.680. The average molecular weight is 544 g/mol. The number of carbonyl (C=O) groups excluding carboxylic acids is 1. The Labute approximate surface area is 234 Å². The summed E-state index contributed by atoms with van der Waals surface area (Å²) in [4.78, 5) is 31.9. The van der Waals surface area contributed by atoms with Crippen molar-refractivity contribution in [1.29, 1.82) is 0 Å². The molecule has 1 aliphatic carbocycles. The molecule has 40 heavy (non-hydrogen) atoms. The van der Waals surface area contributed by atoms with Gasteiger partial charge in [-0.1, -0.05) is 30.3 Å². The van der Waals surface area contributed by atoms with Crippen LogP contribution in [0.2, 0.25) is 0 Å². The molecule has 0 spiro atoms. The second-order valence-electron chi connectivity index (χ2n) is 10.6. The third-order valence-electron chi connectivity index (χ3n) is 7.94. The van der Waals surface area contributed by atoms with Crippen molar-refractivity contribution < 1.29 is 14.6 Å². The van der Waals surface area contributed by atoms with Crippen molar-refractivity contribution in [3.63, 3.8) is 0 Å². The van der Waals surface area contributed by atoms with E-state index >= 15 is 0 Å². The normalized spacial score (nSPS) is 20.7. The van der Waals surface area contributed by atoms with E-state index in [1.807, 2.05) is 73.8 Å². The maximum atomic E-state index is 13.2. The summed E-state index contributed by atoms with van der Waals surface area (Å²) >= 11 is 0. The SMILES string of the molecule is CN(CCc1ccccn1)[C@@H]1[C@@H](O)[C@H](Oc2ccccc2)C[C@H]1NC(=O)CCc1ccc2c(c1)n(C)c(=O)n2C. The fraction of sp³-hybridized carbons (Fsp3) is 0.387. The summed E-state index contributed by atoms with van der Waals surface area (Å²) in [6.07, 6.45) is 2.63. The van der Waals surface area contributed by atoms with Gasteiger partial charge in [0.05, 0.1) is 23.1 Å². The zero-order valence-electron chi connectivity index (χ0n) is 23.2. The van der Waals surface area contributed by atoms with Gasteiger partial charge in [-0.2, -0.15) is 0 Å². The van der Waals surface area contributed by atoms with Crippen LogP contribution in [0.25, 0.3) is 11.0 Å². The molecule has 1 amide bonds. The second-order valence-corrected chi connectivity index (χ2v) is 10.6. The summed E-state index contributed by atoms with van der Waals surface area (Å²) < 4.78 is 9.41. The molecule has 210 valence electrons. The summed E-state index contributed by atoms with van der Waals surface area (Å²) in [5.41, 5.74) is 3.61. The summed E-state index contributed by atoms with van der Waals surface area (Å²) in [6, 6.07) is 20.6. The number of imidazole rings is 1. The first-order valence-corrected chi connectivity index (χ1v) is 13.8. The lowest BCUT2D eigenvalue weighted by atomic mass is 10.1. The minimum absolute atomic E-state index is 0.0739. The number of aromatic nitrogens is 3. The summed E-state index contributed by atoms with van der Waals surface area (Å²) in [5, 5.41) is 14.5. The van der Waals surface area contributed by atoms with Crippen molar-refractivity contribution in [2.75, 3.05) is 13.6 Å². The van der Waals surface area contributed by atoms with Crippen molar-refractivity contribution in [2.45, 2.75) is 50.0 Å². The lowest BCUT2D eigenvalue weighted by Gasteiger charge is -2.32. The van der Waals surface area contributed by atoms with Gasteiger partial charge in [0.2, 0.25) is 5.91 Å². The number of fused-ring (bicyclic) bond motifs is 1. The molecule has 0 saturated heterocycles. The smallest absolute Gasteiger partial charge is 0.328 e. The fourth-order valence-corrected chi connectivity index (χ4v) is 5.72. The van der Waals surface area contributed by atoms with E-state index in [1.54, 1.807) is 29.4 Å². The van der Waals surface area contributed by atoms with Crippen LogP contribution in [0.5, 0.6) is 5.75 Å². The molecule has 1 fully saturated rings. The third kappa shape index (κ3) is 5.95. The van der Waals surface area contributed by atoms with Gasteiger partial charge in [-0.15, -0.1) is 0 Å². The lowest BCUT2D eigenvalue weighted by Crippen LogP contribution is -2.52. The van der Waals surface area contributed by atoms with Gasteiger partial charge in [-0.05, 0) is 55.4 Å². The number of hydrogen-bond donors (Lipinski definition) is 2. The van der Waals surface area contributed by atoms with Gasteiger partial charge in [-0.3, -0.25) is 23.8 Å². The predicted molar refractivity (Wildman–Crippen MR) is 154 cm³/mol. The molecule has 0 radical (unpaired) electrons. The van der Waals surface area contributed by atoms with Crippen LogP contribution < -0.4 is 15.7 Å².